The van der Waals surface area contributed by atoms with E-state index in [2.05, 4.69) is 10.6 Å². The lowest BCUT2D eigenvalue weighted by molar-refractivity contribution is -0.117. The Bertz CT molecular complexity index is 447. The Morgan fingerprint density at radius 1 is 1.26 bits per heavy atom. The van der Waals surface area contributed by atoms with Crippen LogP contribution >= 0.6 is 11.8 Å². The molecule has 2 N–H and O–H groups in total. The second-order valence-corrected chi connectivity index (χ2v) is 5.58. The van der Waals surface area contributed by atoms with Gasteiger partial charge in [-0.15, -0.1) is 11.8 Å². The molecule has 4 nitrogen and oxygen atoms in total. The second-order valence-electron chi connectivity index (χ2n) is 4.60. The highest BCUT2D eigenvalue weighted by atomic mass is 32.2. The highest BCUT2D eigenvalue weighted by Crippen LogP contribution is 2.15. The van der Waals surface area contributed by atoms with Crippen LogP contribution in [-0.2, 0) is 10.5 Å². The topological polar surface area (TPSA) is 58.2 Å². The van der Waals surface area contributed by atoms with Gasteiger partial charge in [0, 0.05) is 11.8 Å². The monoisotopic (exact) mass is 280 g/mol. The SMILES string of the molecule is Cc1ccccc1CSCC(=O)NC(=O)NC(C)C. The number of hydrogen-bond acceptors (Lipinski definition) is 3. The lowest BCUT2D eigenvalue weighted by Gasteiger charge is -2.09. The van der Waals surface area contributed by atoms with Gasteiger partial charge in [0.25, 0.3) is 0 Å². The number of benzene rings is 1. The molecule has 0 aliphatic rings. The molecule has 0 heterocycles. The number of nitrogens with one attached hydrogen (secondary N) is 2. The van der Waals surface area contributed by atoms with Gasteiger partial charge < -0.3 is 5.32 Å². The van der Waals surface area contributed by atoms with E-state index in [1.165, 1.54) is 22.9 Å². The largest absolute Gasteiger partial charge is 0.336 e. The van der Waals surface area contributed by atoms with Gasteiger partial charge >= 0.3 is 6.03 Å². The third-order valence-electron chi connectivity index (χ3n) is 2.42. The number of thioether (sulfide) groups is 1. The van der Waals surface area contributed by atoms with Crippen molar-refractivity contribution >= 4 is 23.7 Å². The van der Waals surface area contributed by atoms with Crippen molar-refractivity contribution in [2.45, 2.75) is 32.6 Å². The van der Waals surface area contributed by atoms with Gasteiger partial charge in [0.15, 0.2) is 0 Å². The standard InChI is InChI=1S/C14H20N2O2S/c1-10(2)15-14(18)16-13(17)9-19-8-12-7-5-4-6-11(12)3/h4-7,10H,8-9H2,1-3H3,(H2,15,16,17,18). The molecule has 1 aromatic carbocycles. The van der Waals surface area contributed by atoms with Crippen LogP contribution in [0.15, 0.2) is 24.3 Å². The van der Waals surface area contributed by atoms with Crippen LogP contribution in [0, 0.1) is 6.92 Å². The van der Waals surface area contributed by atoms with Crippen molar-refractivity contribution in [1.29, 1.82) is 0 Å². The minimum Gasteiger partial charge on any atom is -0.336 e. The Morgan fingerprint density at radius 3 is 2.58 bits per heavy atom. The van der Waals surface area contributed by atoms with Crippen LogP contribution in [0.4, 0.5) is 4.79 Å². The van der Waals surface area contributed by atoms with Gasteiger partial charge in [-0.05, 0) is 31.9 Å². The van der Waals surface area contributed by atoms with Gasteiger partial charge in [-0.25, -0.2) is 4.79 Å². The molecule has 0 fully saturated rings. The van der Waals surface area contributed by atoms with E-state index in [-0.39, 0.29) is 17.7 Å². The number of amides is 3. The molecule has 0 aliphatic carbocycles. The maximum atomic E-state index is 11.5. The van der Waals surface area contributed by atoms with E-state index in [1.54, 1.807) is 0 Å². The average molecular weight is 280 g/mol. The Balaban J connectivity index is 2.28. The predicted molar refractivity (Wildman–Crippen MR) is 79.2 cm³/mol. The zero-order valence-electron chi connectivity index (χ0n) is 11.5. The van der Waals surface area contributed by atoms with Crippen LogP contribution in [0.1, 0.15) is 25.0 Å². The van der Waals surface area contributed by atoms with E-state index in [1.807, 2.05) is 45.0 Å². The first-order valence-corrected chi connectivity index (χ1v) is 7.37. The minimum absolute atomic E-state index is 0.0208. The summed E-state index contributed by atoms with van der Waals surface area (Å²) in [6, 6.07) is 7.66. The molecule has 1 aromatic rings. The normalized spacial score (nSPS) is 10.3. The van der Waals surface area contributed by atoms with Gasteiger partial charge in [-0.2, -0.15) is 0 Å². The van der Waals surface area contributed by atoms with E-state index in [0.29, 0.717) is 0 Å². The van der Waals surface area contributed by atoms with Crippen molar-refractivity contribution in [1.82, 2.24) is 10.6 Å². The highest BCUT2D eigenvalue weighted by Gasteiger charge is 2.08. The molecule has 5 heteroatoms. The van der Waals surface area contributed by atoms with Crippen LogP contribution < -0.4 is 10.6 Å². The molecule has 0 aromatic heterocycles. The van der Waals surface area contributed by atoms with E-state index < -0.39 is 6.03 Å². The zero-order chi connectivity index (χ0) is 14.3. The average Bonchev–Trinajstić information content (AvgIpc) is 2.30. The van der Waals surface area contributed by atoms with Gasteiger partial charge in [-0.3, -0.25) is 10.1 Å². The van der Waals surface area contributed by atoms with Crippen molar-refractivity contribution < 1.29 is 9.59 Å². The molecule has 104 valence electrons. The Labute approximate surface area is 118 Å². The molecule has 0 radical (unpaired) electrons. The van der Waals surface area contributed by atoms with Crippen LogP contribution in [0.3, 0.4) is 0 Å². The predicted octanol–water partition coefficient (Wildman–Crippen LogP) is 2.46. The van der Waals surface area contributed by atoms with Crippen molar-refractivity contribution in [2.24, 2.45) is 0 Å². The van der Waals surface area contributed by atoms with Gasteiger partial charge in [0.05, 0.1) is 5.75 Å². The molecule has 3 amide bonds. The van der Waals surface area contributed by atoms with Crippen LogP contribution in [0.25, 0.3) is 0 Å². The first-order valence-electron chi connectivity index (χ1n) is 6.21. The molecule has 0 spiro atoms. The van der Waals surface area contributed by atoms with Crippen LogP contribution in [-0.4, -0.2) is 23.7 Å². The highest BCUT2D eigenvalue weighted by molar-refractivity contribution is 7.99. The lowest BCUT2D eigenvalue weighted by Crippen LogP contribution is -2.43. The van der Waals surface area contributed by atoms with E-state index in [4.69, 9.17) is 0 Å². The summed E-state index contributed by atoms with van der Waals surface area (Å²) in [5.41, 5.74) is 2.43. The first-order chi connectivity index (χ1) is 8.99. The van der Waals surface area contributed by atoms with E-state index >= 15 is 0 Å². The summed E-state index contributed by atoms with van der Waals surface area (Å²) in [5.74, 6) is 0.780. The summed E-state index contributed by atoms with van der Waals surface area (Å²) in [7, 11) is 0. The molecular formula is C14H20N2O2S. The van der Waals surface area contributed by atoms with E-state index in [9.17, 15) is 9.59 Å². The first kappa shape index (κ1) is 15.6. The van der Waals surface area contributed by atoms with Crippen LogP contribution in [0.5, 0.6) is 0 Å². The number of aryl methyl sites for hydroxylation is 1. The fourth-order valence-electron chi connectivity index (χ4n) is 1.49. The lowest BCUT2D eigenvalue weighted by atomic mass is 10.1. The summed E-state index contributed by atoms with van der Waals surface area (Å²) >= 11 is 1.50. The molecule has 0 unspecified atom stereocenters. The molecule has 1 rings (SSSR count). The third kappa shape index (κ3) is 6.29. The van der Waals surface area contributed by atoms with Crippen molar-refractivity contribution in [3.8, 4) is 0 Å². The molecule has 19 heavy (non-hydrogen) atoms. The quantitative estimate of drug-likeness (QED) is 0.871. The summed E-state index contributed by atoms with van der Waals surface area (Å²) in [6.45, 7) is 5.74. The number of carbonyl (C=O) groups is 2. The summed E-state index contributed by atoms with van der Waals surface area (Å²) in [4.78, 5) is 22.8. The molecule has 0 bridgehead atoms. The number of imide groups is 1. The zero-order valence-corrected chi connectivity index (χ0v) is 12.3. The Hall–Kier alpha value is -1.49. The molecular weight excluding hydrogens is 260 g/mol. The Morgan fingerprint density at radius 2 is 1.95 bits per heavy atom. The second kappa shape index (κ2) is 7.84. The Kier molecular flexibility index (Phi) is 6.42. The van der Waals surface area contributed by atoms with Crippen molar-refractivity contribution in [3.05, 3.63) is 35.4 Å². The fourth-order valence-corrected chi connectivity index (χ4v) is 2.39. The maximum Gasteiger partial charge on any atom is 0.321 e. The van der Waals surface area contributed by atoms with Crippen molar-refractivity contribution in [3.63, 3.8) is 0 Å². The molecule has 0 saturated heterocycles. The smallest absolute Gasteiger partial charge is 0.321 e. The van der Waals surface area contributed by atoms with Gasteiger partial charge in [0.2, 0.25) is 5.91 Å². The third-order valence-corrected chi connectivity index (χ3v) is 3.41. The number of carbonyl (C=O) groups excluding carboxylic acids is 2. The van der Waals surface area contributed by atoms with E-state index in [0.717, 1.165) is 5.75 Å². The number of urea groups is 1. The maximum absolute atomic E-state index is 11.5. The summed E-state index contributed by atoms with van der Waals surface area (Å²) in [5, 5.41) is 4.91. The number of rotatable bonds is 5. The minimum atomic E-state index is -0.434. The fraction of sp³-hybridized carbons (Fsp3) is 0.429. The summed E-state index contributed by atoms with van der Waals surface area (Å²) in [6.07, 6.45) is 0. The molecule has 0 saturated carbocycles. The number of hydrogen-bond donors (Lipinski definition) is 2. The van der Waals surface area contributed by atoms with Gasteiger partial charge in [-0.1, -0.05) is 24.3 Å². The van der Waals surface area contributed by atoms with Crippen LogP contribution in [0.2, 0.25) is 0 Å². The van der Waals surface area contributed by atoms with Gasteiger partial charge in [0.1, 0.15) is 0 Å². The molecule has 0 atom stereocenters. The van der Waals surface area contributed by atoms with Crippen molar-refractivity contribution in [2.75, 3.05) is 5.75 Å². The molecule has 0 aliphatic heterocycles. The summed E-state index contributed by atoms with van der Waals surface area (Å²) < 4.78 is 0.